The molecule has 0 unspecified atom stereocenters. The predicted octanol–water partition coefficient (Wildman–Crippen LogP) is 2.73. The third kappa shape index (κ3) is 6.14. The number of amides is 2. The van der Waals surface area contributed by atoms with Gasteiger partial charge in [0.25, 0.3) is 6.43 Å². The summed E-state index contributed by atoms with van der Waals surface area (Å²) in [5.74, 6) is -0.0279. The molecule has 2 aliphatic rings. The zero-order valence-corrected chi connectivity index (χ0v) is 22.6. The van der Waals surface area contributed by atoms with Crippen molar-refractivity contribution >= 4 is 28.8 Å². The lowest BCUT2D eigenvalue weighted by molar-refractivity contribution is -0.132. The molecule has 13 heteroatoms. The summed E-state index contributed by atoms with van der Waals surface area (Å²) in [4.78, 5) is 41.2. The smallest absolute Gasteiger partial charge is 0.296 e. The van der Waals surface area contributed by atoms with Crippen LogP contribution in [-0.4, -0.2) is 89.3 Å². The van der Waals surface area contributed by atoms with Gasteiger partial charge >= 0.3 is 0 Å². The van der Waals surface area contributed by atoms with Crippen molar-refractivity contribution in [1.29, 1.82) is 0 Å². The number of nitrogens with one attached hydrogen (secondary N) is 1. The molecule has 3 heterocycles. The van der Waals surface area contributed by atoms with E-state index in [4.69, 9.17) is 9.47 Å². The van der Waals surface area contributed by atoms with Crippen molar-refractivity contribution in [3.63, 3.8) is 0 Å². The van der Waals surface area contributed by atoms with Gasteiger partial charge in [0.15, 0.2) is 5.82 Å². The average Bonchev–Trinajstić information content (AvgIpc) is 3.36. The Kier molecular flexibility index (Phi) is 8.38. The van der Waals surface area contributed by atoms with Crippen LogP contribution in [0.2, 0.25) is 0 Å². The van der Waals surface area contributed by atoms with Crippen molar-refractivity contribution in [1.82, 2.24) is 29.7 Å². The molecular formula is C27H33F2N7O4. The number of fused-ring (bicyclic) bond motifs is 1. The maximum absolute atomic E-state index is 14.1. The molecule has 5 rings (SSSR count). The van der Waals surface area contributed by atoms with Crippen molar-refractivity contribution in [2.24, 2.45) is 5.92 Å². The fourth-order valence-corrected chi connectivity index (χ4v) is 4.99. The number of hydrogen-bond donors (Lipinski definition) is 1. The number of morpholine rings is 1. The van der Waals surface area contributed by atoms with E-state index in [1.165, 1.54) is 9.47 Å². The van der Waals surface area contributed by atoms with E-state index < -0.39 is 12.2 Å². The molecule has 1 N–H and O–H groups in total. The van der Waals surface area contributed by atoms with Crippen LogP contribution in [0, 0.1) is 5.92 Å². The first-order valence-corrected chi connectivity index (χ1v) is 13.4. The highest BCUT2D eigenvalue weighted by molar-refractivity contribution is 5.85. The Hall–Kier alpha value is -3.87. The molecule has 2 fully saturated rings. The third-order valence-corrected chi connectivity index (χ3v) is 7.23. The van der Waals surface area contributed by atoms with Gasteiger partial charge in [-0.15, -0.1) is 0 Å². The highest BCUT2D eigenvalue weighted by atomic mass is 19.3. The number of nitrogens with zero attached hydrogens (tertiary/aromatic N) is 6. The van der Waals surface area contributed by atoms with Gasteiger partial charge in [-0.05, 0) is 37.8 Å². The SMILES string of the molecule is CN(C)C(=O)CNC(=O)C1CCC(Oc2cc(-n3c(C(F)F)nc4ccccc43)nc(N3CCOCC3)n2)CC1. The fourth-order valence-electron chi connectivity index (χ4n) is 4.99. The van der Waals surface area contributed by atoms with E-state index >= 15 is 0 Å². The van der Waals surface area contributed by atoms with E-state index in [1.54, 1.807) is 44.4 Å². The summed E-state index contributed by atoms with van der Waals surface area (Å²) in [6, 6.07) is 8.49. The van der Waals surface area contributed by atoms with Gasteiger partial charge in [-0.2, -0.15) is 9.97 Å². The molecule has 1 aromatic carbocycles. The highest BCUT2D eigenvalue weighted by Crippen LogP contribution is 2.32. The van der Waals surface area contributed by atoms with Crippen molar-refractivity contribution in [3.8, 4) is 11.7 Å². The Bertz CT molecular complexity index is 1350. The third-order valence-electron chi connectivity index (χ3n) is 7.23. The Morgan fingerprint density at radius 3 is 2.52 bits per heavy atom. The Labute approximate surface area is 230 Å². The van der Waals surface area contributed by atoms with Crippen LogP contribution in [-0.2, 0) is 14.3 Å². The second-order valence-corrected chi connectivity index (χ2v) is 10.2. The lowest BCUT2D eigenvalue weighted by atomic mass is 9.87. The summed E-state index contributed by atoms with van der Waals surface area (Å²) < 4.78 is 41.3. The number of carbonyl (C=O) groups excluding carboxylic acids is 2. The second kappa shape index (κ2) is 12.1. The van der Waals surface area contributed by atoms with Crippen LogP contribution in [0.4, 0.5) is 14.7 Å². The summed E-state index contributed by atoms with van der Waals surface area (Å²) in [7, 11) is 3.29. The number of ether oxygens (including phenoxy) is 2. The van der Waals surface area contributed by atoms with Gasteiger partial charge < -0.3 is 24.6 Å². The number of aromatic nitrogens is 4. The van der Waals surface area contributed by atoms with Crippen LogP contribution < -0.4 is 15.0 Å². The van der Waals surface area contributed by atoms with Gasteiger partial charge in [-0.3, -0.25) is 14.2 Å². The van der Waals surface area contributed by atoms with E-state index in [1.807, 2.05) is 4.90 Å². The van der Waals surface area contributed by atoms with E-state index in [9.17, 15) is 18.4 Å². The van der Waals surface area contributed by atoms with E-state index in [0.29, 0.717) is 69.0 Å². The van der Waals surface area contributed by atoms with Crippen LogP contribution in [0.5, 0.6) is 5.88 Å². The quantitative estimate of drug-likeness (QED) is 0.450. The summed E-state index contributed by atoms with van der Waals surface area (Å²) in [6.45, 7) is 2.11. The molecule has 11 nitrogen and oxygen atoms in total. The zero-order valence-electron chi connectivity index (χ0n) is 22.6. The van der Waals surface area contributed by atoms with Crippen molar-refractivity contribution < 1.29 is 27.8 Å². The van der Waals surface area contributed by atoms with Crippen LogP contribution in [0.15, 0.2) is 30.3 Å². The van der Waals surface area contributed by atoms with Gasteiger partial charge in [0.2, 0.25) is 23.6 Å². The number of carbonyl (C=O) groups is 2. The number of imidazole rings is 1. The van der Waals surface area contributed by atoms with Gasteiger partial charge in [0.05, 0.1) is 30.8 Å². The molecular weight excluding hydrogens is 524 g/mol. The van der Waals surface area contributed by atoms with Gasteiger partial charge in [-0.1, -0.05) is 12.1 Å². The number of benzene rings is 1. The minimum atomic E-state index is -2.81. The first-order chi connectivity index (χ1) is 19.3. The van der Waals surface area contributed by atoms with Crippen LogP contribution in [0.25, 0.3) is 16.9 Å². The molecule has 1 saturated heterocycles. The molecule has 0 atom stereocenters. The van der Waals surface area contributed by atoms with Crippen LogP contribution in [0.1, 0.15) is 37.9 Å². The van der Waals surface area contributed by atoms with Crippen molar-refractivity contribution in [2.45, 2.75) is 38.2 Å². The van der Waals surface area contributed by atoms with Gasteiger partial charge in [-0.25, -0.2) is 13.8 Å². The molecule has 214 valence electrons. The largest absolute Gasteiger partial charge is 0.474 e. The Balaban J connectivity index is 1.37. The molecule has 1 saturated carbocycles. The van der Waals surface area contributed by atoms with E-state index in [2.05, 4.69) is 20.3 Å². The number of alkyl halides is 2. The van der Waals surface area contributed by atoms with Gasteiger partial charge in [0.1, 0.15) is 11.9 Å². The number of halogens is 2. The molecule has 0 spiro atoms. The minimum Gasteiger partial charge on any atom is -0.474 e. The molecule has 0 radical (unpaired) electrons. The molecule has 3 aromatic rings. The number of hydrogen-bond acceptors (Lipinski definition) is 8. The van der Waals surface area contributed by atoms with Crippen LogP contribution >= 0.6 is 0 Å². The topological polar surface area (TPSA) is 115 Å². The lowest BCUT2D eigenvalue weighted by Gasteiger charge is -2.29. The first kappa shape index (κ1) is 27.7. The molecule has 0 bridgehead atoms. The summed E-state index contributed by atoms with van der Waals surface area (Å²) >= 11 is 0. The van der Waals surface area contributed by atoms with Crippen molar-refractivity contribution in [2.75, 3.05) is 51.8 Å². The number of likely N-dealkylation sites (N-methyl/N-ethyl adjacent to an activating group) is 1. The summed E-state index contributed by atoms with van der Waals surface area (Å²) in [5, 5.41) is 2.72. The Morgan fingerprint density at radius 1 is 1.10 bits per heavy atom. The first-order valence-electron chi connectivity index (χ1n) is 13.4. The molecule has 40 heavy (non-hydrogen) atoms. The number of rotatable bonds is 8. The predicted molar refractivity (Wildman–Crippen MR) is 143 cm³/mol. The minimum absolute atomic E-state index is 0.0279. The van der Waals surface area contributed by atoms with Crippen LogP contribution in [0.3, 0.4) is 0 Å². The fraction of sp³-hybridized carbons (Fsp3) is 0.519. The van der Waals surface area contributed by atoms with E-state index in [-0.39, 0.29) is 42.1 Å². The summed E-state index contributed by atoms with van der Waals surface area (Å²) in [5.41, 5.74) is 0.949. The molecule has 2 aromatic heterocycles. The maximum Gasteiger partial charge on any atom is 0.296 e. The second-order valence-electron chi connectivity index (χ2n) is 10.2. The van der Waals surface area contributed by atoms with E-state index in [0.717, 1.165) is 0 Å². The normalized spacial score (nSPS) is 19.6. The summed E-state index contributed by atoms with van der Waals surface area (Å²) in [6.07, 6.45) is -0.592. The highest BCUT2D eigenvalue weighted by Gasteiger charge is 2.29. The molecule has 2 amide bonds. The van der Waals surface area contributed by atoms with Crippen molar-refractivity contribution in [3.05, 3.63) is 36.2 Å². The Morgan fingerprint density at radius 2 is 1.82 bits per heavy atom. The zero-order chi connectivity index (χ0) is 28.2. The average molecular weight is 558 g/mol. The number of para-hydroxylation sites is 2. The lowest BCUT2D eigenvalue weighted by Crippen LogP contribution is -2.40. The molecule has 1 aliphatic carbocycles. The number of anilines is 1. The van der Waals surface area contributed by atoms with Gasteiger partial charge in [0, 0.05) is 39.2 Å². The monoisotopic (exact) mass is 557 g/mol. The standard InChI is InChI=1S/C27H33F2N7O4/c1-34(2)23(37)16-30-26(38)17-7-9-18(10-8-17)40-22-15-21(32-27(33-22)35-11-13-39-14-12-35)36-20-6-4-3-5-19(20)31-25(36)24(28)29/h3-6,15,17-18,24H,7-14,16H2,1-2H3,(H,30,38). The molecule has 1 aliphatic heterocycles. The maximum atomic E-state index is 14.1.